The maximum absolute atomic E-state index is 11.5. The summed E-state index contributed by atoms with van der Waals surface area (Å²) < 4.78 is 0. The van der Waals surface area contributed by atoms with Crippen LogP contribution in [0.1, 0.15) is 46.0 Å². The molecular formula is C14H22O. The smallest absolute Gasteiger partial charge is 0.132 e. The van der Waals surface area contributed by atoms with Crippen LogP contribution in [0.5, 0.6) is 0 Å². The first kappa shape index (κ1) is 12.2. The molecule has 0 heterocycles. The Labute approximate surface area is 93.3 Å². The van der Waals surface area contributed by atoms with Crippen molar-refractivity contribution in [3.8, 4) is 0 Å². The van der Waals surface area contributed by atoms with E-state index in [0.29, 0.717) is 17.6 Å². The van der Waals surface area contributed by atoms with Crippen LogP contribution in [0.3, 0.4) is 0 Å². The van der Waals surface area contributed by atoms with E-state index in [2.05, 4.69) is 32.6 Å². The van der Waals surface area contributed by atoms with Crippen LogP contribution >= 0.6 is 0 Å². The average Bonchev–Trinajstić information content (AvgIpc) is 2.16. The molecule has 0 saturated heterocycles. The van der Waals surface area contributed by atoms with Crippen molar-refractivity contribution in [2.75, 3.05) is 0 Å². The Hall–Kier alpha value is -0.850. The van der Waals surface area contributed by atoms with Crippen LogP contribution in [0.2, 0.25) is 0 Å². The minimum atomic E-state index is 0.420. The maximum atomic E-state index is 11.5. The predicted molar refractivity (Wildman–Crippen MR) is 64.7 cm³/mol. The molecule has 0 spiro atoms. The van der Waals surface area contributed by atoms with Crippen LogP contribution in [0.15, 0.2) is 24.3 Å². The number of hydrogen-bond donors (Lipinski definition) is 0. The maximum Gasteiger partial charge on any atom is 0.132 e. The molecule has 0 radical (unpaired) electrons. The van der Waals surface area contributed by atoms with Gasteiger partial charge >= 0.3 is 0 Å². The zero-order chi connectivity index (χ0) is 11.3. The molecule has 1 atom stereocenters. The Morgan fingerprint density at radius 3 is 2.73 bits per heavy atom. The average molecular weight is 206 g/mol. The van der Waals surface area contributed by atoms with Gasteiger partial charge in [-0.25, -0.2) is 0 Å². The molecule has 1 aliphatic rings. The zero-order valence-electron chi connectivity index (χ0n) is 9.96. The number of hydrogen-bond acceptors (Lipinski definition) is 1. The van der Waals surface area contributed by atoms with Crippen molar-refractivity contribution in [2.24, 2.45) is 11.8 Å². The number of allylic oxidation sites excluding steroid dienone is 3. The number of ketones is 1. The molecular weight excluding hydrogens is 184 g/mol. The van der Waals surface area contributed by atoms with E-state index in [1.54, 1.807) is 0 Å². The minimum absolute atomic E-state index is 0.420. The van der Waals surface area contributed by atoms with Crippen molar-refractivity contribution in [1.29, 1.82) is 0 Å². The summed E-state index contributed by atoms with van der Waals surface area (Å²) in [5.41, 5.74) is 1.16. The predicted octanol–water partition coefficient (Wildman–Crippen LogP) is 3.90. The first-order chi connectivity index (χ1) is 7.09. The normalized spacial score (nSPS) is 24.6. The molecule has 1 aliphatic carbocycles. The lowest BCUT2D eigenvalue weighted by atomic mass is 9.88. The summed E-state index contributed by atoms with van der Waals surface area (Å²) in [6.07, 6.45) is 8.81. The standard InChI is InChI=1S/C14H22O/c1-11(2)13-8-7-12(3)5-4-6-14(15)10-9-13/h7-8,11,13H,3-6,9-10H2,1-2H3/t13-/m0/s1. The van der Waals surface area contributed by atoms with Gasteiger partial charge in [0, 0.05) is 12.8 Å². The first-order valence-corrected chi connectivity index (χ1v) is 5.97. The van der Waals surface area contributed by atoms with Gasteiger partial charge in [-0.05, 0) is 31.1 Å². The van der Waals surface area contributed by atoms with Crippen molar-refractivity contribution >= 4 is 5.78 Å². The summed E-state index contributed by atoms with van der Waals surface area (Å²) >= 11 is 0. The zero-order valence-corrected chi connectivity index (χ0v) is 9.96. The Bertz CT molecular complexity index is 261. The fourth-order valence-corrected chi connectivity index (χ4v) is 1.96. The number of rotatable bonds is 1. The minimum Gasteiger partial charge on any atom is -0.300 e. The molecule has 1 rings (SSSR count). The van der Waals surface area contributed by atoms with Gasteiger partial charge in [0.15, 0.2) is 0 Å². The molecule has 0 aromatic heterocycles. The molecule has 0 fully saturated rings. The van der Waals surface area contributed by atoms with E-state index >= 15 is 0 Å². The topological polar surface area (TPSA) is 17.1 Å². The highest BCUT2D eigenvalue weighted by atomic mass is 16.1. The monoisotopic (exact) mass is 206 g/mol. The van der Waals surface area contributed by atoms with Crippen LogP contribution in [-0.2, 0) is 4.79 Å². The van der Waals surface area contributed by atoms with Crippen molar-refractivity contribution in [3.05, 3.63) is 24.3 Å². The second-order valence-electron chi connectivity index (χ2n) is 4.86. The van der Waals surface area contributed by atoms with Crippen molar-refractivity contribution in [3.63, 3.8) is 0 Å². The highest BCUT2D eigenvalue weighted by molar-refractivity contribution is 5.78. The van der Waals surface area contributed by atoms with Gasteiger partial charge < -0.3 is 0 Å². The molecule has 0 N–H and O–H groups in total. The SMILES string of the molecule is C=C1C=C[C@H](C(C)C)CCC(=O)CCC1. The number of carbonyl (C=O) groups is 1. The van der Waals surface area contributed by atoms with Crippen molar-refractivity contribution in [2.45, 2.75) is 46.0 Å². The highest BCUT2D eigenvalue weighted by Crippen LogP contribution is 2.22. The van der Waals surface area contributed by atoms with Gasteiger partial charge in [0.25, 0.3) is 0 Å². The fraction of sp³-hybridized carbons (Fsp3) is 0.643. The van der Waals surface area contributed by atoms with Gasteiger partial charge in [0.2, 0.25) is 0 Å². The largest absolute Gasteiger partial charge is 0.300 e. The molecule has 84 valence electrons. The van der Waals surface area contributed by atoms with Crippen LogP contribution < -0.4 is 0 Å². The third kappa shape index (κ3) is 4.46. The van der Waals surface area contributed by atoms with E-state index in [1.165, 1.54) is 0 Å². The van der Waals surface area contributed by atoms with Crippen LogP contribution in [0.4, 0.5) is 0 Å². The molecule has 0 aliphatic heterocycles. The van der Waals surface area contributed by atoms with Crippen molar-refractivity contribution < 1.29 is 4.79 Å². The Morgan fingerprint density at radius 1 is 1.33 bits per heavy atom. The number of Topliss-reactive ketones (excluding diaryl/α,β-unsaturated/α-hetero) is 1. The summed E-state index contributed by atoms with van der Waals surface area (Å²) in [5.74, 6) is 1.56. The summed E-state index contributed by atoms with van der Waals surface area (Å²) in [6.45, 7) is 8.44. The van der Waals surface area contributed by atoms with E-state index in [9.17, 15) is 4.79 Å². The lowest BCUT2D eigenvalue weighted by Crippen LogP contribution is -2.10. The summed E-state index contributed by atoms with van der Waals surface area (Å²) in [4.78, 5) is 11.5. The van der Waals surface area contributed by atoms with E-state index in [-0.39, 0.29) is 0 Å². The second kappa shape index (κ2) is 5.89. The second-order valence-corrected chi connectivity index (χ2v) is 4.86. The fourth-order valence-electron chi connectivity index (χ4n) is 1.96. The van der Waals surface area contributed by atoms with E-state index in [0.717, 1.165) is 37.7 Å². The quantitative estimate of drug-likeness (QED) is 0.636. The van der Waals surface area contributed by atoms with Crippen LogP contribution in [-0.4, -0.2) is 5.78 Å². The van der Waals surface area contributed by atoms with Crippen LogP contribution in [0.25, 0.3) is 0 Å². The molecule has 0 amide bonds. The molecule has 1 nitrogen and oxygen atoms in total. The van der Waals surface area contributed by atoms with E-state index in [1.807, 2.05) is 0 Å². The first-order valence-electron chi connectivity index (χ1n) is 5.97. The van der Waals surface area contributed by atoms with Gasteiger partial charge in [0.05, 0.1) is 0 Å². The van der Waals surface area contributed by atoms with Gasteiger partial charge in [-0.1, -0.05) is 38.2 Å². The van der Waals surface area contributed by atoms with E-state index in [4.69, 9.17) is 0 Å². The van der Waals surface area contributed by atoms with Gasteiger partial charge in [-0.3, -0.25) is 4.79 Å². The summed E-state index contributed by atoms with van der Waals surface area (Å²) in [7, 11) is 0. The van der Waals surface area contributed by atoms with E-state index < -0.39 is 0 Å². The van der Waals surface area contributed by atoms with Gasteiger partial charge in [-0.15, -0.1) is 0 Å². The lowest BCUT2D eigenvalue weighted by Gasteiger charge is -2.17. The Morgan fingerprint density at radius 2 is 2.07 bits per heavy atom. The molecule has 0 aromatic carbocycles. The third-order valence-electron chi connectivity index (χ3n) is 3.15. The molecule has 0 aromatic rings. The third-order valence-corrected chi connectivity index (χ3v) is 3.15. The molecule has 0 bridgehead atoms. The van der Waals surface area contributed by atoms with Crippen LogP contribution in [0, 0.1) is 11.8 Å². The summed E-state index contributed by atoms with van der Waals surface area (Å²) in [5, 5.41) is 0. The molecule has 0 saturated carbocycles. The van der Waals surface area contributed by atoms with Crippen molar-refractivity contribution in [1.82, 2.24) is 0 Å². The molecule has 1 heteroatoms. The lowest BCUT2D eigenvalue weighted by molar-refractivity contribution is -0.119. The molecule has 15 heavy (non-hydrogen) atoms. The van der Waals surface area contributed by atoms with Gasteiger partial charge in [-0.2, -0.15) is 0 Å². The molecule has 0 unspecified atom stereocenters. The Kier molecular flexibility index (Phi) is 4.80. The Balaban J connectivity index is 2.67. The van der Waals surface area contributed by atoms with Gasteiger partial charge in [0.1, 0.15) is 5.78 Å². The highest BCUT2D eigenvalue weighted by Gasteiger charge is 2.13. The number of carbonyl (C=O) groups excluding carboxylic acids is 1. The summed E-state index contributed by atoms with van der Waals surface area (Å²) in [6, 6.07) is 0.